The highest BCUT2D eigenvalue weighted by Crippen LogP contribution is 2.29. The van der Waals surface area contributed by atoms with Gasteiger partial charge in [-0.15, -0.1) is 0 Å². The summed E-state index contributed by atoms with van der Waals surface area (Å²) in [7, 11) is 0. The first-order chi connectivity index (χ1) is 9.11. The van der Waals surface area contributed by atoms with E-state index in [2.05, 4.69) is 9.88 Å². The van der Waals surface area contributed by atoms with Crippen molar-refractivity contribution in [3.8, 4) is 0 Å². The summed E-state index contributed by atoms with van der Waals surface area (Å²) >= 11 is 12.5. The van der Waals surface area contributed by atoms with E-state index in [-0.39, 0.29) is 6.61 Å². The van der Waals surface area contributed by atoms with Crippen molar-refractivity contribution in [1.82, 2.24) is 9.88 Å². The summed E-state index contributed by atoms with van der Waals surface area (Å²) < 4.78 is 0. The molecule has 3 nitrogen and oxygen atoms in total. The van der Waals surface area contributed by atoms with Crippen LogP contribution in [0, 0.1) is 6.92 Å². The number of hydrogen-bond acceptors (Lipinski definition) is 3. The average Bonchev–Trinajstić information content (AvgIpc) is 2.85. The highest BCUT2D eigenvalue weighted by atomic mass is 35.5. The first-order valence-electron chi connectivity index (χ1n) is 6.78. The molecule has 1 N–H and O–H groups in total. The topological polar surface area (TPSA) is 36.4 Å². The van der Waals surface area contributed by atoms with Gasteiger partial charge in [-0.2, -0.15) is 0 Å². The van der Waals surface area contributed by atoms with E-state index in [1.54, 1.807) is 0 Å². The third-order valence-electron chi connectivity index (χ3n) is 3.74. The summed E-state index contributed by atoms with van der Waals surface area (Å²) in [6.45, 7) is 3.36. The van der Waals surface area contributed by atoms with Crippen LogP contribution in [0.15, 0.2) is 6.07 Å². The lowest BCUT2D eigenvalue weighted by Gasteiger charge is -2.28. The minimum Gasteiger partial charge on any atom is -0.395 e. The van der Waals surface area contributed by atoms with Crippen molar-refractivity contribution < 1.29 is 5.11 Å². The van der Waals surface area contributed by atoms with Crippen molar-refractivity contribution in [2.45, 2.75) is 45.2 Å². The first kappa shape index (κ1) is 15.0. The molecular formula is C14H20Cl2N2O. The molecule has 1 aliphatic rings. The lowest BCUT2D eigenvalue weighted by atomic mass is 10.1. The van der Waals surface area contributed by atoms with E-state index >= 15 is 0 Å². The van der Waals surface area contributed by atoms with E-state index in [0.29, 0.717) is 29.3 Å². The Kier molecular flexibility index (Phi) is 5.46. The van der Waals surface area contributed by atoms with Crippen LogP contribution in [0.1, 0.15) is 36.9 Å². The van der Waals surface area contributed by atoms with E-state index < -0.39 is 0 Å². The molecule has 0 saturated heterocycles. The third kappa shape index (κ3) is 3.82. The summed E-state index contributed by atoms with van der Waals surface area (Å²) in [5.74, 6) is 0. The molecule has 2 rings (SSSR count). The molecule has 19 heavy (non-hydrogen) atoms. The Morgan fingerprint density at radius 1 is 1.37 bits per heavy atom. The van der Waals surface area contributed by atoms with Crippen molar-refractivity contribution in [1.29, 1.82) is 0 Å². The molecule has 0 aliphatic heterocycles. The quantitative estimate of drug-likeness (QED) is 0.847. The molecule has 0 atom stereocenters. The SMILES string of the molecule is Cc1cc(Cl)c(CN(CCO)C2CCCC2)c(Cl)n1. The van der Waals surface area contributed by atoms with Crippen LogP contribution in [-0.4, -0.2) is 34.2 Å². The Labute approximate surface area is 124 Å². The molecule has 1 heterocycles. The minimum atomic E-state index is 0.158. The second-order valence-corrected chi connectivity index (χ2v) is 5.91. The molecule has 1 aliphatic carbocycles. The molecule has 0 radical (unpaired) electrons. The van der Waals surface area contributed by atoms with Crippen LogP contribution in [-0.2, 0) is 6.54 Å². The van der Waals surface area contributed by atoms with Crippen LogP contribution >= 0.6 is 23.2 Å². The predicted molar refractivity (Wildman–Crippen MR) is 78.7 cm³/mol. The van der Waals surface area contributed by atoms with Gasteiger partial charge < -0.3 is 5.11 Å². The van der Waals surface area contributed by atoms with Crippen molar-refractivity contribution in [2.75, 3.05) is 13.2 Å². The molecular weight excluding hydrogens is 283 g/mol. The van der Waals surface area contributed by atoms with Gasteiger partial charge in [0, 0.05) is 35.4 Å². The van der Waals surface area contributed by atoms with Crippen LogP contribution in [0.3, 0.4) is 0 Å². The van der Waals surface area contributed by atoms with Gasteiger partial charge in [0.1, 0.15) is 5.15 Å². The van der Waals surface area contributed by atoms with Crippen LogP contribution in [0.2, 0.25) is 10.2 Å². The number of aliphatic hydroxyl groups is 1. The molecule has 0 unspecified atom stereocenters. The Morgan fingerprint density at radius 3 is 2.63 bits per heavy atom. The summed E-state index contributed by atoms with van der Waals surface area (Å²) in [5, 5.41) is 10.4. The van der Waals surface area contributed by atoms with Crippen molar-refractivity contribution >= 4 is 23.2 Å². The van der Waals surface area contributed by atoms with Gasteiger partial charge in [-0.1, -0.05) is 36.0 Å². The molecule has 0 aromatic carbocycles. The molecule has 5 heteroatoms. The van der Waals surface area contributed by atoms with E-state index in [9.17, 15) is 5.11 Å². The van der Waals surface area contributed by atoms with Crippen molar-refractivity contribution in [2.24, 2.45) is 0 Å². The lowest BCUT2D eigenvalue weighted by molar-refractivity contribution is 0.144. The molecule has 1 fully saturated rings. The maximum Gasteiger partial charge on any atom is 0.135 e. The number of pyridine rings is 1. The van der Waals surface area contributed by atoms with Gasteiger partial charge >= 0.3 is 0 Å². The Hall–Kier alpha value is -0.350. The fourth-order valence-corrected chi connectivity index (χ4v) is 3.41. The molecule has 1 aromatic heterocycles. The summed E-state index contributed by atoms with van der Waals surface area (Å²) in [6, 6.07) is 2.37. The van der Waals surface area contributed by atoms with Gasteiger partial charge in [0.05, 0.1) is 6.61 Å². The zero-order valence-electron chi connectivity index (χ0n) is 11.2. The second kappa shape index (κ2) is 6.89. The van der Waals surface area contributed by atoms with Gasteiger partial charge in [-0.3, -0.25) is 4.90 Å². The van der Waals surface area contributed by atoms with Gasteiger partial charge in [0.2, 0.25) is 0 Å². The fourth-order valence-electron chi connectivity index (χ4n) is 2.76. The highest BCUT2D eigenvalue weighted by molar-refractivity contribution is 6.35. The molecule has 106 valence electrons. The van der Waals surface area contributed by atoms with Crippen molar-refractivity contribution in [3.63, 3.8) is 0 Å². The van der Waals surface area contributed by atoms with E-state index in [1.165, 1.54) is 25.7 Å². The predicted octanol–water partition coefficient (Wildman–Crippen LogP) is 3.43. The highest BCUT2D eigenvalue weighted by Gasteiger charge is 2.24. The molecule has 1 aromatic rings. The van der Waals surface area contributed by atoms with Crippen LogP contribution < -0.4 is 0 Å². The Morgan fingerprint density at radius 2 is 2.05 bits per heavy atom. The molecule has 0 bridgehead atoms. The zero-order valence-corrected chi connectivity index (χ0v) is 12.7. The van der Waals surface area contributed by atoms with Crippen LogP contribution in [0.25, 0.3) is 0 Å². The number of nitrogens with zero attached hydrogens (tertiary/aromatic N) is 2. The summed E-state index contributed by atoms with van der Waals surface area (Å²) in [5.41, 5.74) is 1.70. The van der Waals surface area contributed by atoms with E-state index in [1.807, 2.05) is 13.0 Å². The zero-order chi connectivity index (χ0) is 13.8. The Balaban J connectivity index is 2.16. The normalized spacial score (nSPS) is 16.5. The van der Waals surface area contributed by atoms with Gasteiger partial charge in [0.25, 0.3) is 0 Å². The van der Waals surface area contributed by atoms with Gasteiger partial charge in [-0.05, 0) is 25.8 Å². The maximum atomic E-state index is 9.23. The number of halogens is 2. The number of rotatable bonds is 5. The Bertz CT molecular complexity index is 410. The largest absolute Gasteiger partial charge is 0.395 e. The van der Waals surface area contributed by atoms with E-state index in [4.69, 9.17) is 23.2 Å². The number of hydrogen-bond donors (Lipinski definition) is 1. The fraction of sp³-hybridized carbons (Fsp3) is 0.643. The van der Waals surface area contributed by atoms with Gasteiger partial charge in [0.15, 0.2) is 0 Å². The molecule has 0 amide bonds. The minimum absolute atomic E-state index is 0.158. The monoisotopic (exact) mass is 302 g/mol. The third-order valence-corrected chi connectivity index (χ3v) is 4.39. The van der Waals surface area contributed by atoms with Crippen LogP contribution in [0.4, 0.5) is 0 Å². The number of aryl methyl sites for hydroxylation is 1. The average molecular weight is 303 g/mol. The lowest BCUT2D eigenvalue weighted by Crippen LogP contribution is -2.35. The smallest absolute Gasteiger partial charge is 0.135 e. The second-order valence-electron chi connectivity index (χ2n) is 5.15. The van der Waals surface area contributed by atoms with Crippen LogP contribution in [0.5, 0.6) is 0 Å². The molecule has 0 spiro atoms. The summed E-state index contributed by atoms with van der Waals surface area (Å²) in [6.07, 6.45) is 4.91. The standard InChI is InChI=1S/C14H20Cl2N2O/c1-10-8-13(15)12(14(16)17-10)9-18(6-7-19)11-4-2-3-5-11/h8,11,19H,2-7,9H2,1H3. The van der Waals surface area contributed by atoms with Crippen molar-refractivity contribution in [3.05, 3.63) is 27.5 Å². The first-order valence-corrected chi connectivity index (χ1v) is 7.54. The molecule has 1 saturated carbocycles. The van der Waals surface area contributed by atoms with Gasteiger partial charge in [-0.25, -0.2) is 4.98 Å². The maximum absolute atomic E-state index is 9.23. The summed E-state index contributed by atoms with van der Waals surface area (Å²) in [4.78, 5) is 6.54. The van der Waals surface area contributed by atoms with E-state index in [0.717, 1.165) is 11.3 Å². The number of aliphatic hydroxyl groups excluding tert-OH is 1. The number of aromatic nitrogens is 1.